The van der Waals surface area contributed by atoms with Crippen LogP contribution in [-0.2, 0) is 4.74 Å². The molecule has 0 aliphatic carbocycles. The molecule has 1 unspecified atom stereocenters. The van der Waals surface area contributed by atoms with Crippen LogP contribution in [0.15, 0.2) is 0 Å². The van der Waals surface area contributed by atoms with Gasteiger partial charge in [-0.05, 0) is 6.42 Å². The summed E-state index contributed by atoms with van der Waals surface area (Å²) >= 11 is 0. The summed E-state index contributed by atoms with van der Waals surface area (Å²) in [6.45, 7) is 1.32. The number of hydrogen-bond donors (Lipinski definition) is 1. The lowest BCUT2D eigenvalue weighted by molar-refractivity contribution is 0.0648. The Hall–Kier alpha value is -0.770. The van der Waals surface area contributed by atoms with Gasteiger partial charge in [-0.15, -0.1) is 0 Å². The highest BCUT2D eigenvalue weighted by Gasteiger charge is 2.31. The second-order valence-corrected chi connectivity index (χ2v) is 2.34. The molecule has 0 radical (unpaired) electrons. The van der Waals surface area contributed by atoms with Gasteiger partial charge in [0.05, 0.1) is 7.11 Å². The molecule has 1 fully saturated rings. The van der Waals surface area contributed by atoms with Gasteiger partial charge in [0.15, 0.2) is 0 Å². The first-order valence-electron chi connectivity index (χ1n) is 3.34. The molecule has 2 N–H and O–H groups in total. The van der Waals surface area contributed by atoms with Crippen molar-refractivity contribution in [2.45, 2.75) is 12.5 Å². The van der Waals surface area contributed by atoms with E-state index in [2.05, 4.69) is 4.74 Å². The molecule has 0 aromatic rings. The summed E-state index contributed by atoms with van der Waals surface area (Å²) in [4.78, 5) is 12.5. The molecule has 1 saturated heterocycles. The lowest BCUT2D eigenvalue weighted by Crippen LogP contribution is -2.54. The molecule has 1 atom stereocenters. The molecule has 1 aliphatic heterocycles. The third-order valence-electron chi connectivity index (χ3n) is 1.83. The van der Waals surface area contributed by atoms with Crippen LogP contribution in [0.2, 0.25) is 0 Å². The van der Waals surface area contributed by atoms with E-state index < -0.39 is 0 Å². The van der Waals surface area contributed by atoms with Crippen LogP contribution in [-0.4, -0.2) is 37.2 Å². The number of nitrogens with zero attached hydrogens (tertiary/aromatic N) is 1. The van der Waals surface area contributed by atoms with Crippen molar-refractivity contribution in [2.75, 3.05) is 20.2 Å². The van der Waals surface area contributed by atoms with E-state index in [4.69, 9.17) is 5.73 Å². The van der Waals surface area contributed by atoms with Gasteiger partial charge < -0.3 is 15.4 Å². The molecule has 4 heteroatoms. The predicted octanol–water partition coefficient (Wildman–Crippen LogP) is -0.214. The first kappa shape index (κ1) is 7.34. The summed E-state index contributed by atoms with van der Waals surface area (Å²) in [5.41, 5.74) is 5.37. The van der Waals surface area contributed by atoms with Crippen LogP contribution in [0.3, 0.4) is 0 Å². The van der Waals surface area contributed by atoms with Crippen molar-refractivity contribution >= 4 is 6.09 Å². The van der Waals surface area contributed by atoms with Crippen molar-refractivity contribution in [1.29, 1.82) is 0 Å². The van der Waals surface area contributed by atoms with Crippen molar-refractivity contribution in [3.8, 4) is 0 Å². The fourth-order valence-electron chi connectivity index (χ4n) is 1.04. The summed E-state index contributed by atoms with van der Waals surface area (Å²) in [6, 6.07) is 0.215. The third kappa shape index (κ3) is 1.07. The highest BCUT2D eigenvalue weighted by Crippen LogP contribution is 2.16. The summed E-state index contributed by atoms with van der Waals surface area (Å²) in [7, 11) is 1.38. The fraction of sp³-hybridized carbons (Fsp3) is 0.833. The summed E-state index contributed by atoms with van der Waals surface area (Å²) in [5.74, 6) is 0. The molecule has 1 aliphatic rings. The van der Waals surface area contributed by atoms with Crippen LogP contribution < -0.4 is 5.73 Å². The van der Waals surface area contributed by atoms with E-state index in [9.17, 15) is 4.79 Å². The van der Waals surface area contributed by atoms with E-state index in [1.807, 2.05) is 0 Å². The number of carbonyl (C=O) groups is 1. The van der Waals surface area contributed by atoms with E-state index in [0.717, 1.165) is 13.0 Å². The highest BCUT2D eigenvalue weighted by atomic mass is 16.5. The SMILES string of the molecule is COC(=O)N1CCC1CN. The van der Waals surface area contributed by atoms with Gasteiger partial charge in [0, 0.05) is 19.1 Å². The highest BCUT2D eigenvalue weighted by molar-refractivity contribution is 5.68. The zero-order chi connectivity index (χ0) is 7.56. The smallest absolute Gasteiger partial charge is 0.409 e. The minimum Gasteiger partial charge on any atom is -0.453 e. The van der Waals surface area contributed by atoms with E-state index in [1.165, 1.54) is 7.11 Å². The topological polar surface area (TPSA) is 55.6 Å². The second-order valence-electron chi connectivity index (χ2n) is 2.34. The molecule has 1 amide bonds. The number of carbonyl (C=O) groups excluding carboxylic acids is 1. The second kappa shape index (κ2) is 2.88. The Balaban J connectivity index is 2.35. The summed E-state index contributed by atoms with van der Waals surface area (Å²) in [6.07, 6.45) is 0.743. The van der Waals surface area contributed by atoms with E-state index in [0.29, 0.717) is 6.54 Å². The molecule has 0 aromatic carbocycles. The predicted molar refractivity (Wildman–Crippen MR) is 36.6 cm³/mol. The molecule has 58 valence electrons. The number of hydrogen-bond acceptors (Lipinski definition) is 3. The van der Waals surface area contributed by atoms with Gasteiger partial charge in [0.25, 0.3) is 0 Å². The first-order chi connectivity index (χ1) is 4.79. The molecule has 0 aromatic heterocycles. The van der Waals surface area contributed by atoms with E-state index >= 15 is 0 Å². The number of methoxy groups -OCH3 is 1. The molecule has 4 nitrogen and oxygen atoms in total. The van der Waals surface area contributed by atoms with Gasteiger partial charge in [-0.2, -0.15) is 0 Å². The molecule has 0 bridgehead atoms. The van der Waals surface area contributed by atoms with Crippen LogP contribution in [0, 0.1) is 0 Å². The molecule has 10 heavy (non-hydrogen) atoms. The molecular formula is C6H12N2O2. The molecule has 1 heterocycles. The van der Waals surface area contributed by atoms with Gasteiger partial charge in [-0.25, -0.2) is 4.79 Å². The minimum absolute atomic E-state index is 0.215. The summed E-state index contributed by atoms with van der Waals surface area (Å²) in [5, 5.41) is 0. The van der Waals surface area contributed by atoms with E-state index in [1.54, 1.807) is 4.90 Å². The van der Waals surface area contributed by atoms with Gasteiger partial charge in [-0.1, -0.05) is 0 Å². The number of likely N-dealkylation sites (tertiary alicyclic amines) is 1. The largest absolute Gasteiger partial charge is 0.453 e. The zero-order valence-electron chi connectivity index (χ0n) is 6.04. The van der Waals surface area contributed by atoms with Gasteiger partial charge in [0.2, 0.25) is 0 Å². The van der Waals surface area contributed by atoms with Gasteiger partial charge in [-0.3, -0.25) is 0 Å². The maximum Gasteiger partial charge on any atom is 0.409 e. The Morgan fingerprint density at radius 3 is 2.90 bits per heavy atom. The molecule has 0 saturated carbocycles. The lowest BCUT2D eigenvalue weighted by atomic mass is 10.1. The Morgan fingerprint density at radius 1 is 1.90 bits per heavy atom. The van der Waals surface area contributed by atoms with Crippen molar-refractivity contribution in [3.05, 3.63) is 0 Å². The Bertz CT molecular complexity index is 136. The van der Waals surface area contributed by atoms with Crippen molar-refractivity contribution in [1.82, 2.24) is 4.90 Å². The maximum atomic E-state index is 10.8. The van der Waals surface area contributed by atoms with Crippen LogP contribution in [0.5, 0.6) is 0 Å². The molecule has 1 rings (SSSR count). The lowest BCUT2D eigenvalue weighted by Gasteiger charge is -2.38. The molecular weight excluding hydrogens is 132 g/mol. The zero-order valence-corrected chi connectivity index (χ0v) is 6.04. The minimum atomic E-state index is -0.262. The monoisotopic (exact) mass is 144 g/mol. The van der Waals surface area contributed by atoms with Crippen molar-refractivity contribution < 1.29 is 9.53 Å². The average molecular weight is 144 g/mol. The van der Waals surface area contributed by atoms with Crippen LogP contribution in [0.25, 0.3) is 0 Å². The third-order valence-corrected chi connectivity index (χ3v) is 1.83. The van der Waals surface area contributed by atoms with Gasteiger partial charge in [0.1, 0.15) is 0 Å². The number of rotatable bonds is 1. The van der Waals surface area contributed by atoms with Gasteiger partial charge >= 0.3 is 6.09 Å². The summed E-state index contributed by atoms with van der Waals surface area (Å²) < 4.78 is 4.52. The standard InChI is InChI=1S/C6H12N2O2/c1-10-6(9)8-3-2-5(8)4-7/h5H,2-4,7H2,1H3. The Kier molecular flexibility index (Phi) is 2.11. The molecule has 0 spiro atoms. The maximum absolute atomic E-state index is 10.8. The number of ether oxygens (including phenoxy) is 1. The Labute approximate surface area is 59.9 Å². The quantitative estimate of drug-likeness (QED) is 0.553. The number of amides is 1. The average Bonchev–Trinajstić information content (AvgIpc) is 1.86. The van der Waals surface area contributed by atoms with Crippen molar-refractivity contribution in [3.63, 3.8) is 0 Å². The first-order valence-corrected chi connectivity index (χ1v) is 3.34. The van der Waals surface area contributed by atoms with Crippen LogP contribution in [0.4, 0.5) is 4.79 Å². The Morgan fingerprint density at radius 2 is 2.60 bits per heavy atom. The number of nitrogens with two attached hydrogens (primary N) is 1. The van der Waals surface area contributed by atoms with Crippen LogP contribution in [0.1, 0.15) is 6.42 Å². The van der Waals surface area contributed by atoms with Crippen molar-refractivity contribution in [2.24, 2.45) is 5.73 Å². The van der Waals surface area contributed by atoms with Crippen LogP contribution >= 0.6 is 0 Å². The van der Waals surface area contributed by atoms with E-state index in [-0.39, 0.29) is 12.1 Å². The normalized spacial score (nSPS) is 23.8. The fourth-order valence-corrected chi connectivity index (χ4v) is 1.04.